The van der Waals surface area contributed by atoms with Crippen LogP contribution in [0.2, 0.25) is 0 Å². The van der Waals surface area contributed by atoms with E-state index in [0.717, 1.165) is 0 Å². The molecule has 2 rings (SSSR count). The summed E-state index contributed by atoms with van der Waals surface area (Å²) in [4.78, 5) is 10.3. The molecular weight excluding hydrogens is 263 g/mol. The first-order valence-electron chi connectivity index (χ1n) is 4.85. The van der Waals surface area contributed by atoms with Crippen LogP contribution in [0.25, 0.3) is 11.5 Å². The van der Waals surface area contributed by atoms with Gasteiger partial charge in [-0.05, 0) is 24.3 Å². The summed E-state index contributed by atoms with van der Waals surface area (Å²) in [6.07, 6.45) is -0.386. The fraction of sp³-hybridized carbons (Fsp3) is 0.182. The van der Waals surface area contributed by atoms with E-state index in [-0.39, 0.29) is 69.6 Å². The van der Waals surface area contributed by atoms with Gasteiger partial charge in [0.15, 0.2) is 0 Å². The summed E-state index contributed by atoms with van der Waals surface area (Å²) >= 11 is 0. The maximum absolute atomic E-state index is 10.3. The van der Waals surface area contributed by atoms with E-state index in [4.69, 9.17) is 9.15 Å². The third-order valence-corrected chi connectivity index (χ3v) is 2.10. The van der Waals surface area contributed by atoms with E-state index >= 15 is 0 Å². The summed E-state index contributed by atoms with van der Waals surface area (Å²) in [6, 6.07) is 6.99. The quantitative estimate of drug-likeness (QED) is 0.553. The van der Waals surface area contributed by atoms with Crippen molar-refractivity contribution in [3.8, 4) is 17.2 Å². The summed E-state index contributed by atoms with van der Waals surface area (Å²) in [5.41, 5.74) is 0.697. The number of rotatable bonds is 4. The van der Waals surface area contributed by atoms with E-state index < -0.39 is 5.97 Å². The van der Waals surface area contributed by atoms with Gasteiger partial charge in [-0.25, -0.2) is 0 Å². The Morgan fingerprint density at radius 2 is 2.00 bits per heavy atom. The Labute approximate surface area is 146 Å². The molecule has 18 heavy (non-hydrogen) atoms. The van der Waals surface area contributed by atoms with Crippen molar-refractivity contribution in [2.75, 3.05) is 7.11 Å². The van der Waals surface area contributed by atoms with Crippen molar-refractivity contribution in [1.29, 1.82) is 0 Å². The average Bonchev–Trinajstić information content (AvgIpc) is 2.77. The molecule has 0 fully saturated rings. The van der Waals surface area contributed by atoms with E-state index in [0.29, 0.717) is 11.3 Å². The summed E-state index contributed by atoms with van der Waals surface area (Å²) in [5, 5.41) is 17.7. The van der Waals surface area contributed by atoms with Crippen molar-refractivity contribution in [2.45, 2.75) is 6.42 Å². The molecule has 1 aromatic heterocycles. The molecule has 0 atom stereocenters. The van der Waals surface area contributed by atoms with Gasteiger partial charge in [-0.2, -0.15) is 0 Å². The fourth-order valence-electron chi connectivity index (χ4n) is 1.30. The zero-order valence-corrected chi connectivity index (χ0v) is 13.2. The van der Waals surface area contributed by atoms with Crippen LogP contribution in [0.5, 0.6) is 5.75 Å². The second-order valence-electron chi connectivity index (χ2n) is 3.28. The molecule has 0 radical (unpaired) electrons. The maximum atomic E-state index is 10.3. The number of ether oxygens (including phenoxy) is 1. The third kappa shape index (κ3) is 3.89. The van der Waals surface area contributed by atoms with Crippen molar-refractivity contribution < 1.29 is 70.4 Å². The monoisotopic (exact) mass is 272 g/mol. The van der Waals surface area contributed by atoms with Crippen LogP contribution >= 0.6 is 0 Å². The number of carboxylic acids is 1. The summed E-state index contributed by atoms with van der Waals surface area (Å²) < 4.78 is 10.2. The molecular formula is C11H9KN2O4. The molecule has 1 heterocycles. The minimum atomic E-state index is -1.25. The van der Waals surface area contributed by atoms with Gasteiger partial charge in [0.05, 0.1) is 19.5 Å². The van der Waals surface area contributed by atoms with Gasteiger partial charge in [0.2, 0.25) is 11.8 Å². The van der Waals surface area contributed by atoms with Crippen LogP contribution in [0.1, 0.15) is 5.89 Å². The number of aliphatic carboxylic acids is 1. The second-order valence-corrected chi connectivity index (χ2v) is 3.28. The minimum absolute atomic E-state index is 0. The van der Waals surface area contributed by atoms with Gasteiger partial charge >= 0.3 is 51.4 Å². The first-order valence-corrected chi connectivity index (χ1v) is 4.85. The maximum Gasteiger partial charge on any atom is 1.00 e. The first kappa shape index (κ1) is 15.3. The number of carbonyl (C=O) groups is 1. The molecule has 0 aliphatic heterocycles. The number of benzene rings is 1. The van der Waals surface area contributed by atoms with E-state index in [1.807, 2.05) is 0 Å². The third-order valence-electron chi connectivity index (χ3n) is 2.10. The molecule has 7 heteroatoms. The van der Waals surface area contributed by atoms with E-state index in [2.05, 4.69) is 10.2 Å². The fourth-order valence-corrected chi connectivity index (χ4v) is 1.30. The molecule has 0 saturated carbocycles. The summed E-state index contributed by atoms with van der Waals surface area (Å²) in [5.74, 6) is -0.252. The van der Waals surface area contributed by atoms with Crippen LogP contribution < -0.4 is 61.2 Å². The van der Waals surface area contributed by atoms with Crippen molar-refractivity contribution >= 4 is 5.97 Å². The van der Waals surface area contributed by atoms with Crippen LogP contribution in [0, 0.1) is 0 Å². The second kappa shape index (κ2) is 7.00. The molecule has 0 bridgehead atoms. The molecule has 0 saturated heterocycles. The molecule has 1 aromatic carbocycles. The minimum Gasteiger partial charge on any atom is -0.550 e. The number of carbonyl (C=O) groups excluding carboxylic acids is 1. The Balaban J connectivity index is 0.00000162. The molecule has 0 spiro atoms. The number of aromatic nitrogens is 2. The van der Waals surface area contributed by atoms with Crippen LogP contribution in [-0.4, -0.2) is 23.3 Å². The Bertz CT molecular complexity index is 524. The van der Waals surface area contributed by atoms with Crippen LogP contribution in [0.15, 0.2) is 28.7 Å². The van der Waals surface area contributed by atoms with Crippen molar-refractivity contribution in [3.63, 3.8) is 0 Å². The van der Waals surface area contributed by atoms with Crippen LogP contribution in [0.4, 0.5) is 0 Å². The smallest absolute Gasteiger partial charge is 0.550 e. The Kier molecular flexibility index (Phi) is 5.96. The van der Waals surface area contributed by atoms with Crippen LogP contribution in [0.3, 0.4) is 0 Å². The van der Waals surface area contributed by atoms with Crippen LogP contribution in [-0.2, 0) is 11.2 Å². The van der Waals surface area contributed by atoms with Gasteiger partial charge < -0.3 is 19.1 Å². The van der Waals surface area contributed by atoms with E-state index in [1.165, 1.54) is 0 Å². The molecule has 0 amide bonds. The predicted molar refractivity (Wildman–Crippen MR) is 55.0 cm³/mol. The Morgan fingerprint density at radius 1 is 1.33 bits per heavy atom. The van der Waals surface area contributed by atoms with E-state index in [1.54, 1.807) is 31.4 Å². The zero-order valence-electron chi connectivity index (χ0n) is 10.0. The SMILES string of the molecule is COc1ccc(-c2nnc(CC(=O)[O-])o2)cc1.[K+]. The summed E-state index contributed by atoms with van der Waals surface area (Å²) in [7, 11) is 1.57. The normalized spacial score (nSPS) is 9.61. The molecule has 2 aromatic rings. The molecule has 6 nitrogen and oxygen atoms in total. The number of methoxy groups -OCH3 is 1. The van der Waals surface area contributed by atoms with Crippen molar-refractivity contribution in [1.82, 2.24) is 10.2 Å². The predicted octanol–water partition coefficient (Wildman–Crippen LogP) is -2.96. The molecule has 88 valence electrons. The average molecular weight is 272 g/mol. The number of carboxylic acid groups (broad SMARTS) is 1. The number of hydrogen-bond acceptors (Lipinski definition) is 6. The van der Waals surface area contributed by atoms with Crippen molar-refractivity contribution in [2.24, 2.45) is 0 Å². The van der Waals surface area contributed by atoms with Gasteiger partial charge in [0.25, 0.3) is 0 Å². The van der Waals surface area contributed by atoms with Gasteiger partial charge in [-0.15, -0.1) is 10.2 Å². The van der Waals surface area contributed by atoms with Gasteiger partial charge in [0.1, 0.15) is 5.75 Å². The molecule has 0 N–H and O–H groups in total. The van der Waals surface area contributed by atoms with Gasteiger partial charge in [0, 0.05) is 5.56 Å². The van der Waals surface area contributed by atoms with Gasteiger partial charge in [-0.3, -0.25) is 0 Å². The molecule has 0 aliphatic carbocycles. The Hall–Kier alpha value is -0.734. The Morgan fingerprint density at radius 3 is 2.56 bits per heavy atom. The number of hydrogen-bond donors (Lipinski definition) is 0. The largest absolute Gasteiger partial charge is 1.00 e. The van der Waals surface area contributed by atoms with Gasteiger partial charge in [-0.1, -0.05) is 0 Å². The standard InChI is InChI=1S/C11H10N2O4.K/c1-16-8-4-2-7(3-5-8)11-13-12-9(17-11)6-10(14)15;/h2-5H,6H2,1H3,(H,14,15);/q;+1/p-1. The number of nitrogens with zero attached hydrogens (tertiary/aromatic N) is 2. The van der Waals surface area contributed by atoms with Crippen molar-refractivity contribution in [3.05, 3.63) is 30.2 Å². The molecule has 0 aliphatic rings. The van der Waals surface area contributed by atoms with E-state index in [9.17, 15) is 9.90 Å². The summed E-state index contributed by atoms with van der Waals surface area (Å²) in [6.45, 7) is 0. The zero-order chi connectivity index (χ0) is 12.3. The topological polar surface area (TPSA) is 88.3 Å². The molecule has 0 unspecified atom stereocenters. The first-order chi connectivity index (χ1) is 8.19.